The molecule has 0 saturated carbocycles. The van der Waals surface area contributed by atoms with Crippen molar-refractivity contribution in [3.8, 4) is 0 Å². The number of rotatable bonds is 1. The van der Waals surface area contributed by atoms with E-state index in [2.05, 4.69) is 30.7 Å². The second-order valence-corrected chi connectivity index (χ2v) is 3.41. The fourth-order valence-corrected chi connectivity index (χ4v) is 2.37. The average Bonchev–Trinajstić information content (AvgIpc) is 2.44. The van der Waals surface area contributed by atoms with Crippen LogP contribution in [0.2, 0.25) is 0 Å². The number of fused-ring (bicyclic) bond motifs is 1. The van der Waals surface area contributed by atoms with Gasteiger partial charge < -0.3 is 0 Å². The number of alkyl halides is 1. The molecule has 0 saturated heterocycles. The SMILES string of the molecule is Br.BrCc1csc2cncn12. The van der Waals surface area contributed by atoms with Gasteiger partial charge in [-0.05, 0) is 0 Å². The predicted octanol–water partition coefficient (Wildman–Crippen LogP) is 2.87. The molecule has 0 aliphatic carbocycles. The van der Waals surface area contributed by atoms with Crippen LogP contribution in [0.1, 0.15) is 5.69 Å². The first-order chi connectivity index (χ1) is 4.92. The van der Waals surface area contributed by atoms with Crippen molar-refractivity contribution < 1.29 is 0 Å². The van der Waals surface area contributed by atoms with Gasteiger partial charge in [-0.15, -0.1) is 28.3 Å². The van der Waals surface area contributed by atoms with Crippen molar-refractivity contribution >= 4 is 49.1 Å². The fourth-order valence-electron chi connectivity index (χ4n) is 0.867. The molecule has 0 aromatic carbocycles. The number of halogens is 2. The van der Waals surface area contributed by atoms with E-state index in [1.807, 2.05) is 12.5 Å². The normalized spacial score (nSPS) is 9.91. The molecule has 0 spiro atoms. The number of thiazole rings is 1. The highest BCUT2D eigenvalue weighted by Gasteiger charge is 1.99. The molecule has 0 aliphatic heterocycles. The third-order valence-corrected chi connectivity index (χ3v) is 2.87. The van der Waals surface area contributed by atoms with Gasteiger partial charge in [-0.3, -0.25) is 4.40 Å². The van der Waals surface area contributed by atoms with Crippen LogP contribution in [-0.4, -0.2) is 9.38 Å². The zero-order valence-electron chi connectivity index (χ0n) is 5.53. The van der Waals surface area contributed by atoms with Crippen molar-refractivity contribution in [2.75, 3.05) is 0 Å². The number of aromatic nitrogens is 2. The van der Waals surface area contributed by atoms with Gasteiger partial charge in [0.1, 0.15) is 11.2 Å². The second kappa shape index (κ2) is 3.69. The van der Waals surface area contributed by atoms with E-state index in [1.165, 1.54) is 10.5 Å². The fraction of sp³-hybridized carbons (Fsp3) is 0.167. The number of imidazole rings is 1. The van der Waals surface area contributed by atoms with E-state index >= 15 is 0 Å². The van der Waals surface area contributed by atoms with Crippen LogP contribution in [-0.2, 0) is 5.33 Å². The largest absolute Gasteiger partial charge is 0.293 e. The molecule has 2 nitrogen and oxygen atoms in total. The highest BCUT2D eigenvalue weighted by atomic mass is 79.9. The Kier molecular flexibility index (Phi) is 3.09. The summed E-state index contributed by atoms with van der Waals surface area (Å²) in [5.74, 6) is 0. The molecular formula is C6H6Br2N2S. The standard InChI is InChI=1S/C6H5BrN2S.BrH/c7-1-5-3-10-6-2-8-4-9(5)6;/h2-4H,1H2;1H. The molecule has 2 aromatic heterocycles. The monoisotopic (exact) mass is 296 g/mol. The molecule has 2 aromatic rings. The molecule has 0 N–H and O–H groups in total. The first-order valence-corrected chi connectivity index (χ1v) is 4.86. The van der Waals surface area contributed by atoms with Crippen molar-refractivity contribution in [2.45, 2.75) is 5.33 Å². The highest BCUT2D eigenvalue weighted by molar-refractivity contribution is 9.08. The molecule has 11 heavy (non-hydrogen) atoms. The maximum absolute atomic E-state index is 4.02. The Hall–Kier alpha value is 0.130. The number of nitrogens with zero attached hydrogens (tertiary/aromatic N) is 2. The molecule has 0 bridgehead atoms. The van der Waals surface area contributed by atoms with Crippen LogP contribution >= 0.6 is 44.2 Å². The minimum Gasteiger partial charge on any atom is -0.293 e. The summed E-state index contributed by atoms with van der Waals surface area (Å²) in [4.78, 5) is 5.23. The first-order valence-electron chi connectivity index (χ1n) is 2.86. The molecule has 2 heterocycles. The van der Waals surface area contributed by atoms with Crippen LogP contribution in [0, 0.1) is 0 Å². The number of hydrogen-bond donors (Lipinski definition) is 0. The van der Waals surface area contributed by atoms with Crippen molar-refractivity contribution in [2.24, 2.45) is 0 Å². The van der Waals surface area contributed by atoms with E-state index < -0.39 is 0 Å². The summed E-state index contributed by atoms with van der Waals surface area (Å²) in [6.45, 7) is 0. The highest BCUT2D eigenvalue weighted by Crippen LogP contribution is 2.17. The Morgan fingerprint density at radius 2 is 2.45 bits per heavy atom. The number of hydrogen-bond acceptors (Lipinski definition) is 2. The lowest BCUT2D eigenvalue weighted by Crippen LogP contribution is -1.82. The summed E-state index contributed by atoms with van der Waals surface area (Å²) in [6.07, 6.45) is 3.71. The van der Waals surface area contributed by atoms with Crippen LogP contribution in [0.15, 0.2) is 17.9 Å². The quantitative estimate of drug-likeness (QED) is 0.740. The summed E-state index contributed by atoms with van der Waals surface area (Å²) in [6, 6.07) is 0. The molecule has 0 fully saturated rings. The Morgan fingerprint density at radius 3 is 3.18 bits per heavy atom. The van der Waals surface area contributed by atoms with E-state index in [1.54, 1.807) is 11.3 Å². The summed E-state index contributed by atoms with van der Waals surface area (Å²) < 4.78 is 2.08. The predicted molar refractivity (Wildman–Crippen MR) is 56.0 cm³/mol. The van der Waals surface area contributed by atoms with E-state index in [-0.39, 0.29) is 17.0 Å². The van der Waals surface area contributed by atoms with Gasteiger partial charge in [0.25, 0.3) is 0 Å². The second-order valence-electron chi connectivity index (χ2n) is 1.96. The molecule has 0 atom stereocenters. The van der Waals surface area contributed by atoms with Gasteiger partial charge >= 0.3 is 0 Å². The Morgan fingerprint density at radius 1 is 1.64 bits per heavy atom. The lowest BCUT2D eigenvalue weighted by molar-refractivity contribution is 1.09. The summed E-state index contributed by atoms with van der Waals surface area (Å²) in [5, 5.41) is 3.02. The van der Waals surface area contributed by atoms with Crippen LogP contribution in [0.4, 0.5) is 0 Å². The maximum atomic E-state index is 4.02. The zero-order chi connectivity index (χ0) is 6.97. The lowest BCUT2D eigenvalue weighted by Gasteiger charge is -1.87. The summed E-state index contributed by atoms with van der Waals surface area (Å²) in [7, 11) is 0. The van der Waals surface area contributed by atoms with Crippen LogP contribution in [0.5, 0.6) is 0 Å². The van der Waals surface area contributed by atoms with E-state index in [4.69, 9.17) is 0 Å². The van der Waals surface area contributed by atoms with E-state index in [0.29, 0.717) is 0 Å². The first kappa shape index (κ1) is 9.22. The molecule has 5 heteroatoms. The van der Waals surface area contributed by atoms with Gasteiger partial charge in [0.15, 0.2) is 0 Å². The molecular weight excluding hydrogens is 292 g/mol. The van der Waals surface area contributed by atoms with Crippen molar-refractivity contribution in [3.63, 3.8) is 0 Å². The molecule has 0 amide bonds. The smallest absolute Gasteiger partial charge is 0.119 e. The van der Waals surface area contributed by atoms with E-state index in [9.17, 15) is 0 Å². The third kappa shape index (κ3) is 1.50. The minimum absolute atomic E-state index is 0. The Labute approximate surface area is 87.2 Å². The lowest BCUT2D eigenvalue weighted by atomic mass is 10.6. The summed E-state index contributed by atoms with van der Waals surface area (Å²) >= 11 is 5.12. The van der Waals surface area contributed by atoms with Gasteiger partial charge in [0, 0.05) is 16.4 Å². The Bertz CT molecular complexity index is 341. The van der Waals surface area contributed by atoms with Gasteiger partial charge in [0.2, 0.25) is 0 Å². The molecule has 0 unspecified atom stereocenters. The molecule has 60 valence electrons. The van der Waals surface area contributed by atoms with Crippen molar-refractivity contribution in [3.05, 3.63) is 23.6 Å². The van der Waals surface area contributed by atoms with Crippen LogP contribution in [0.25, 0.3) is 4.83 Å². The van der Waals surface area contributed by atoms with Crippen molar-refractivity contribution in [1.29, 1.82) is 0 Å². The zero-order valence-corrected chi connectivity index (χ0v) is 9.64. The third-order valence-electron chi connectivity index (χ3n) is 1.37. The molecule has 0 radical (unpaired) electrons. The average molecular weight is 298 g/mol. The molecule has 0 aliphatic rings. The molecule has 2 rings (SSSR count). The van der Waals surface area contributed by atoms with Crippen molar-refractivity contribution in [1.82, 2.24) is 9.38 Å². The topological polar surface area (TPSA) is 17.3 Å². The van der Waals surface area contributed by atoms with Crippen LogP contribution in [0.3, 0.4) is 0 Å². The summed E-state index contributed by atoms with van der Waals surface area (Å²) in [5.41, 5.74) is 1.26. The maximum Gasteiger partial charge on any atom is 0.119 e. The minimum atomic E-state index is 0. The van der Waals surface area contributed by atoms with Gasteiger partial charge in [0.05, 0.1) is 6.20 Å². The van der Waals surface area contributed by atoms with E-state index in [0.717, 1.165) is 5.33 Å². The van der Waals surface area contributed by atoms with Gasteiger partial charge in [-0.2, -0.15) is 0 Å². The van der Waals surface area contributed by atoms with Gasteiger partial charge in [-0.1, -0.05) is 15.9 Å². The van der Waals surface area contributed by atoms with Gasteiger partial charge in [-0.25, -0.2) is 4.98 Å². The Balaban J connectivity index is 0.000000605. The van der Waals surface area contributed by atoms with Crippen LogP contribution < -0.4 is 0 Å².